The molecule has 1 aromatic heterocycles. The molecule has 0 fully saturated rings. The Morgan fingerprint density at radius 3 is 2.05 bits per heavy atom. The number of carbonyl (C=O) groups excluding carboxylic acids is 1. The summed E-state index contributed by atoms with van der Waals surface area (Å²) in [6.45, 7) is 9.01. The number of benzene rings is 3. The number of ether oxygens (including phenoxy) is 5. The average molecular weight is 1160 g/mol. The van der Waals surface area contributed by atoms with Crippen LogP contribution in [0.3, 0.4) is 0 Å². The van der Waals surface area contributed by atoms with Gasteiger partial charge in [0.05, 0.1) is 73.6 Å². The number of aromatic nitrogens is 1. The molecule has 0 saturated heterocycles. The average Bonchev–Trinajstić information content (AvgIpc) is 4.10. The molecule has 0 aliphatic carbocycles. The summed E-state index contributed by atoms with van der Waals surface area (Å²) in [5.41, 5.74) is 4.43. The highest BCUT2D eigenvalue weighted by molar-refractivity contribution is 7.86. The highest BCUT2D eigenvalue weighted by Gasteiger charge is 2.48. The van der Waals surface area contributed by atoms with Gasteiger partial charge in [0.1, 0.15) is 18.1 Å². The summed E-state index contributed by atoms with van der Waals surface area (Å²) in [4.78, 5) is 20.0. The van der Waals surface area contributed by atoms with Crippen LogP contribution in [0.2, 0.25) is 0 Å². The van der Waals surface area contributed by atoms with E-state index in [0.717, 1.165) is 34.5 Å². The van der Waals surface area contributed by atoms with Crippen LogP contribution in [0.1, 0.15) is 81.5 Å². The molecule has 1 atom stereocenters. The molecule has 0 saturated carbocycles. The first kappa shape index (κ1) is 60.5. The van der Waals surface area contributed by atoms with Crippen molar-refractivity contribution in [1.82, 2.24) is 4.73 Å². The van der Waals surface area contributed by atoms with Crippen molar-refractivity contribution in [3.63, 3.8) is 0 Å². The first-order valence-electron chi connectivity index (χ1n) is 25.6. The maximum Gasteiger partial charge on any atom is 0.333 e. The predicted octanol–water partition coefficient (Wildman–Crippen LogP) is 7.03. The van der Waals surface area contributed by atoms with Gasteiger partial charge in [0.15, 0.2) is 5.71 Å². The lowest BCUT2D eigenvalue weighted by Gasteiger charge is -2.44. The first-order chi connectivity index (χ1) is 37.4. The summed E-state index contributed by atoms with van der Waals surface area (Å²) < 4.78 is 134. The number of rotatable bonds is 29. The van der Waals surface area contributed by atoms with E-state index < -0.39 is 75.4 Å². The minimum Gasteiger partial charge on any atom is -0.492 e. The van der Waals surface area contributed by atoms with E-state index in [1.54, 1.807) is 23.8 Å². The molecule has 3 aromatic carbocycles. The van der Waals surface area contributed by atoms with E-state index in [1.165, 1.54) is 18.2 Å². The Morgan fingerprint density at radius 2 is 1.41 bits per heavy atom. The van der Waals surface area contributed by atoms with E-state index in [4.69, 9.17) is 28.5 Å². The zero-order valence-corrected chi connectivity index (χ0v) is 46.9. The number of carbonyl (C=O) groups is 1. The topological polar surface area (TPSA) is 287 Å². The molecule has 3 aliphatic rings. The minimum atomic E-state index is -4.72. The van der Waals surface area contributed by atoms with Gasteiger partial charge in [-0.2, -0.15) is 29.8 Å². The van der Waals surface area contributed by atoms with Gasteiger partial charge in [0.2, 0.25) is 17.4 Å². The second-order valence-electron chi connectivity index (χ2n) is 19.8. The fourth-order valence-corrected chi connectivity index (χ4v) is 11.5. The SMILES string of the molecule is COCCOCCOCCOCCC1=CC(C)(C)N(CCCS(=O)(=O)O)c2cc3c(cc21)C(=CC=CC1=[N+](CCCS(=O)(=O)O)c2ccc(S(=O)(=O)O)cc2C1(C)CCCC(=O)On1c(O)ccc1O)C=C(c1ccccc1)O3. The summed E-state index contributed by atoms with van der Waals surface area (Å²) >= 11 is 0. The minimum absolute atomic E-state index is 0.0339. The van der Waals surface area contributed by atoms with E-state index >= 15 is 0 Å². The number of hydrogen-bond donors (Lipinski definition) is 5. The third kappa shape index (κ3) is 15.8. The molecule has 4 heterocycles. The van der Waals surface area contributed by atoms with Crippen molar-refractivity contribution in [2.24, 2.45) is 0 Å². The van der Waals surface area contributed by atoms with E-state index in [-0.39, 0.29) is 45.2 Å². The monoisotopic (exact) mass is 1150 g/mol. The molecule has 428 valence electrons. The Hall–Kier alpha value is -6.19. The van der Waals surface area contributed by atoms with Gasteiger partial charge in [0, 0.05) is 84.8 Å². The van der Waals surface area contributed by atoms with Crippen molar-refractivity contribution >= 4 is 70.3 Å². The van der Waals surface area contributed by atoms with Gasteiger partial charge in [0.25, 0.3) is 30.4 Å². The molecule has 21 nitrogen and oxygen atoms in total. The third-order valence-corrected chi connectivity index (χ3v) is 16.1. The van der Waals surface area contributed by atoms with E-state index in [0.29, 0.717) is 97.0 Å². The normalized spacial score (nSPS) is 17.6. The molecule has 7 rings (SSSR count). The second kappa shape index (κ2) is 25.9. The molecule has 0 bridgehead atoms. The zero-order valence-electron chi connectivity index (χ0n) is 44.4. The first-order valence-corrected chi connectivity index (χ1v) is 30.3. The number of fused-ring (bicyclic) bond motifs is 3. The van der Waals surface area contributed by atoms with Crippen molar-refractivity contribution in [3.8, 4) is 17.5 Å². The van der Waals surface area contributed by atoms with Crippen molar-refractivity contribution in [2.75, 3.05) is 82.9 Å². The van der Waals surface area contributed by atoms with Gasteiger partial charge in [-0.05, 0) is 81.9 Å². The van der Waals surface area contributed by atoms with E-state index in [2.05, 4.69) is 11.0 Å². The summed E-state index contributed by atoms with van der Waals surface area (Å²) in [7, 11) is -11.8. The number of methoxy groups -OCH3 is 1. The standard InChI is InChI=1S/C55H67N3O18S3/c1-54(2)38-41(21-25-72-28-29-74-31-30-73-27-26-71-4)43-36-44-40(34-48(39-12-6-5-7-13-39)75-49(44)37-47(43)57(54)24-11-33-78(65,66)67)14-8-15-50-55(3,22-9-16-53(61)76-58-51(59)19-20-52(58)60)45-35-42(79(68,69)70)17-18-46(45)56(50)23-10-32-77(62,63)64/h5-8,12-15,17-20,34-38H,9-11,16,21-33H2,1-4H3,(H4-,59,60,62,63,64,65,66,67,68,69,70)/p+1. The lowest BCUT2D eigenvalue weighted by Crippen LogP contribution is -2.46. The fourth-order valence-electron chi connectivity index (χ4n) is 9.96. The van der Waals surface area contributed by atoms with Crippen molar-refractivity contribution in [1.29, 1.82) is 0 Å². The molecule has 4 aromatic rings. The van der Waals surface area contributed by atoms with Crippen LogP contribution >= 0.6 is 0 Å². The lowest BCUT2D eigenvalue weighted by atomic mass is 9.75. The summed E-state index contributed by atoms with van der Waals surface area (Å²) in [5.74, 6) is -1.86. The van der Waals surface area contributed by atoms with Crippen LogP contribution in [0, 0.1) is 0 Å². The molecule has 24 heteroatoms. The molecular weight excluding hydrogens is 1090 g/mol. The third-order valence-electron chi connectivity index (χ3n) is 13.7. The van der Waals surface area contributed by atoms with E-state index in [9.17, 15) is 53.9 Å². The Balaban J connectivity index is 1.29. The summed E-state index contributed by atoms with van der Waals surface area (Å²) in [6, 6.07) is 19.7. The number of anilines is 1. The Kier molecular flexibility index (Phi) is 19.9. The molecule has 0 amide bonds. The molecule has 5 N–H and O–H groups in total. The Labute approximate surface area is 460 Å². The van der Waals surface area contributed by atoms with Crippen LogP contribution in [0.4, 0.5) is 11.4 Å². The van der Waals surface area contributed by atoms with Crippen LogP contribution in [0.15, 0.2) is 108 Å². The van der Waals surface area contributed by atoms with Gasteiger partial charge in [-0.25, -0.2) is 4.79 Å². The maximum absolute atomic E-state index is 13.1. The van der Waals surface area contributed by atoms with Gasteiger partial charge in [-0.15, -0.1) is 4.73 Å². The van der Waals surface area contributed by atoms with Crippen LogP contribution < -0.4 is 14.5 Å². The molecule has 79 heavy (non-hydrogen) atoms. The maximum atomic E-state index is 13.1. The quantitative estimate of drug-likeness (QED) is 0.0207. The van der Waals surface area contributed by atoms with Gasteiger partial charge in [-0.3, -0.25) is 13.7 Å². The van der Waals surface area contributed by atoms with Crippen molar-refractivity contribution in [3.05, 3.63) is 125 Å². The van der Waals surface area contributed by atoms with Gasteiger partial charge in [-0.1, -0.05) is 48.6 Å². The molecule has 0 radical (unpaired) electrons. The zero-order chi connectivity index (χ0) is 57.2. The van der Waals surface area contributed by atoms with Crippen LogP contribution in [0.5, 0.6) is 17.5 Å². The number of allylic oxidation sites excluding steroid dienone is 5. The van der Waals surface area contributed by atoms with E-state index in [1.807, 2.05) is 75.4 Å². The predicted molar refractivity (Wildman–Crippen MR) is 296 cm³/mol. The number of nitrogens with zero attached hydrogens (tertiary/aromatic N) is 3. The van der Waals surface area contributed by atoms with Crippen LogP contribution in [0.25, 0.3) is 16.9 Å². The van der Waals surface area contributed by atoms with Crippen LogP contribution in [-0.4, -0.2) is 154 Å². The van der Waals surface area contributed by atoms with Crippen LogP contribution in [-0.2, 0) is 59.5 Å². The largest absolute Gasteiger partial charge is 0.492 e. The highest BCUT2D eigenvalue weighted by atomic mass is 32.2. The van der Waals surface area contributed by atoms with Gasteiger partial charge < -0.3 is 43.6 Å². The fraction of sp³-hybridized carbons (Fsp3) is 0.418. The smallest absolute Gasteiger partial charge is 0.333 e. The highest BCUT2D eigenvalue weighted by Crippen LogP contribution is 2.48. The second-order valence-corrected chi connectivity index (χ2v) is 24.4. The molecule has 1 unspecified atom stereocenters. The summed E-state index contributed by atoms with van der Waals surface area (Å²) in [6.07, 6.45) is 10.1. The number of hydrogen-bond acceptors (Lipinski definition) is 16. The molecule has 3 aliphatic heterocycles. The molecule has 0 spiro atoms. The Bertz CT molecular complexity index is 3350. The summed E-state index contributed by atoms with van der Waals surface area (Å²) in [5, 5.41) is 20.1. The number of aromatic hydroxyl groups is 2. The van der Waals surface area contributed by atoms with Crippen molar-refractivity contribution < 1.29 is 87.0 Å². The van der Waals surface area contributed by atoms with Crippen molar-refractivity contribution in [2.45, 2.75) is 75.1 Å². The van der Waals surface area contributed by atoms with Gasteiger partial charge >= 0.3 is 5.97 Å². The molecular formula is C55H68N3O18S3+. The lowest BCUT2D eigenvalue weighted by molar-refractivity contribution is -0.437. The Morgan fingerprint density at radius 1 is 0.759 bits per heavy atom.